The van der Waals surface area contributed by atoms with Gasteiger partial charge in [0.15, 0.2) is 0 Å². The van der Waals surface area contributed by atoms with Crippen LogP contribution in [0, 0.1) is 0 Å². The maximum atomic E-state index is 13.3. The number of rotatable bonds is 2. The second-order valence-electron chi connectivity index (χ2n) is 5.61. The normalized spacial score (nSPS) is 19.2. The third kappa shape index (κ3) is 3.82. The van der Waals surface area contributed by atoms with Crippen molar-refractivity contribution in [3.63, 3.8) is 0 Å². The first-order valence-corrected chi connectivity index (χ1v) is 10.9. The van der Waals surface area contributed by atoms with Gasteiger partial charge in [-0.05, 0) is 18.2 Å². The predicted molar refractivity (Wildman–Crippen MR) is 93.6 cm³/mol. The Kier molecular flexibility index (Phi) is 4.79. The molecule has 0 unspecified atom stereocenters. The summed E-state index contributed by atoms with van der Waals surface area (Å²) in [5.74, 6) is 0. The zero-order valence-electron chi connectivity index (χ0n) is 13.1. The summed E-state index contributed by atoms with van der Waals surface area (Å²) in [5, 5.41) is 7.49. The Balaban J connectivity index is 2.24. The van der Waals surface area contributed by atoms with Crippen LogP contribution in [0.25, 0.3) is 0 Å². The zero-order valence-corrected chi connectivity index (χ0v) is 16.3. The number of halogens is 4. The van der Waals surface area contributed by atoms with Gasteiger partial charge in [0.25, 0.3) is 0 Å². The summed E-state index contributed by atoms with van der Waals surface area (Å²) in [4.78, 5) is -1.97. The van der Waals surface area contributed by atoms with E-state index in [1.165, 1.54) is 0 Å². The fourth-order valence-electron chi connectivity index (χ4n) is 2.61. The van der Waals surface area contributed by atoms with Crippen LogP contribution in [0.4, 0.5) is 18.9 Å². The highest BCUT2D eigenvalue weighted by molar-refractivity contribution is 9.10. The van der Waals surface area contributed by atoms with Crippen LogP contribution in [0.2, 0.25) is 0 Å². The summed E-state index contributed by atoms with van der Waals surface area (Å²) in [6, 6.07) is 7.33. The minimum Gasteiger partial charge on any atom is -0.364 e. The van der Waals surface area contributed by atoms with E-state index < -0.39 is 53.4 Å². The Morgan fingerprint density at radius 3 is 2.33 bits per heavy atom. The summed E-state index contributed by atoms with van der Waals surface area (Å²) in [6.07, 6.45) is -6.13. The molecular weight excluding hydrogens is 475 g/mol. The van der Waals surface area contributed by atoms with Gasteiger partial charge in [-0.2, -0.15) is 17.9 Å². The summed E-state index contributed by atoms with van der Waals surface area (Å²) in [5.41, 5.74) is -1.52. The van der Waals surface area contributed by atoms with Crippen molar-refractivity contribution in [3.05, 3.63) is 52.0 Å². The first-order chi connectivity index (χ1) is 12.3. The van der Waals surface area contributed by atoms with Gasteiger partial charge in [0.1, 0.15) is 11.1 Å². The van der Waals surface area contributed by atoms with E-state index >= 15 is 0 Å². The quantitative estimate of drug-likeness (QED) is 0.603. The van der Waals surface area contributed by atoms with E-state index in [-0.39, 0.29) is 0 Å². The molecule has 0 saturated carbocycles. The SMILES string of the molecule is NS(=O)(=O)c1cc2c(cc1C(F)(F)F)N[C@H](c1ccccc1Br)NS2(=O)=O. The van der Waals surface area contributed by atoms with Crippen molar-refractivity contribution < 1.29 is 30.0 Å². The molecule has 0 bridgehead atoms. The number of alkyl halides is 3. The lowest BCUT2D eigenvalue weighted by Gasteiger charge is -2.30. The molecule has 1 aliphatic heterocycles. The highest BCUT2D eigenvalue weighted by atomic mass is 79.9. The van der Waals surface area contributed by atoms with E-state index in [1.54, 1.807) is 24.3 Å². The Labute approximate surface area is 161 Å². The minimum atomic E-state index is -5.06. The largest absolute Gasteiger partial charge is 0.417 e. The fourth-order valence-corrected chi connectivity index (χ4v) is 5.26. The molecule has 0 aromatic heterocycles. The maximum Gasteiger partial charge on any atom is 0.417 e. The molecule has 0 spiro atoms. The molecule has 0 amide bonds. The fraction of sp³-hybridized carbons (Fsp3) is 0.143. The summed E-state index contributed by atoms with van der Waals surface area (Å²) in [6.45, 7) is 0. The molecule has 2 aromatic carbocycles. The molecule has 4 N–H and O–H groups in total. The van der Waals surface area contributed by atoms with E-state index in [2.05, 4.69) is 26.0 Å². The van der Waals surface area contributed by atoms with Gasteiger partial charge >= 0.3 is 6.18 Å². The first kappa shape index (κ1) is 20.1. The van der Waals surface area contributed by atoms with Crippen molar-refractivity contribution in [3.8, 4) is 0 Å². The monoisotopic (exact) mass is 485 g/mol. The molecule has 146 valence electrons. The van der Waals surface area contributed by atoms with Crippen LogP contribution in [0.3, 0.4) is 0 Å². The predicted octanol–water partition coefficient (Wildman–Crippen LogP) is 2.52. The molecule has 27 heavy (non-hydrogen) atoms. The first-order valence-electron chi connectivity index (χ1n) is 7.12. The van der Waals surface area contributed by atoms with Crippen molar-refractivity contribution in [2.75, 3.05) is 5.32 Å². The Hall–Kier alpha value is -1.67. The number of nitrogens with two attached hydrogens (primary N) is 1. The maximum absolute atomic E-state index is 13.3. The lowest BCUT2D eigenvalue weighted by atomic mass is 10.1. The summed E-state index contributed by atoms with van der Waals surface area (Å²) >= 11 is 3.24. The smallest absolute Gasteiger partial charge is 0.364 e. The number of anilines is 1. The molecular formula is C14H11BrF3N3O4S2. The summed E-state index contributed by atoms with van der Waals surface area (Å²) < 4.78 is 90.9. The van der Waals surface area contributed by atoms with E-state index in [1.807, 2.05) is 0 Å². The van der Waals surface area contributed by atoms with Gasteiger partial charge in [-0.1, -0.05) is 34.1 Å². The van der Waals surface area contributed by atoms with E-state index in [0.29, 0.717) is 22.2 Å². The van der Waals surface area contributed by atoms with Gasteiger partial charge in [0, 0.05) is 10.0 Å². The Morgan fingerprint density at radius 1 is 1.15 bits per heavy atom. The molecule has 13 heteroatoms. The van der Waals surface area contributed by atoms with Crippen molar-refractivity contribution in [1.29, 1.82) is 0 Å². The van der Waals surface area contributed by atoms with Crippen molar-refractivity contribution >= 4 is 41.7 Å². The van der Waals surface area contributed by atoms with Gasteiger partial charge in [-0.25, -0.2) is 22.0 Å². The molecule has 7 nitrogen and oxygen atoms in total. The standard InChI is InChI=1S/C14H11BrF3N3O4S2/c15-9-4-2-1-3-7(9)13-20-10-5-8(14(16,17)18)11(26(19,22)23)6-12(10)27(24,25)21-13/h1-6,13,20-21H,(H2,19,22,23)/t13-/m0/s1. The minimum absolute atomic E-state index is 0.394. The van der Waals surface area contributed by atoms with E-state index in [4.69, 9.17) is 5.14 Å². The van der Waals surface area contributed by atoms with Crippen LogP contribution in [-0.4, -0.2) is 16.8 Å². The summed E-state index contributed by atoms with van der Waals surface area (Å²) in [7, 11) is -9.14. The number of primary sulfonamides is 1. The lowest BCUT2D eigenvalue weighted by molar-refractivity contribution is -0.139. The third-order valence-electron chi connectivity index (χ3n) is 3.77. The second-order valence-corrected chi connectivity index (χ2v) is 9.67. The highest BCUT2D eigenvalue weighted by Gasteiger charge is 2.40. The molecule has 0 fully saturated rings. The molecule has 1 heterocycles. The van der Waals surface area contributed by atoms with Gasteiger partial charge in [0.05, 0.1) is 16.1 Å². The van der Waals surface area contributed by atoms with Crippen LogP contribution < -0.4 is 15.2 Å². The highest BCUT2D eigenvalue weighted by Crippen LogP contribution is 2.41. The van der Waals surface area contributed by atoms with Gasteiger partial charge in [0.2, 0.25) is 20.0 Å². The van der Waals surface area contributed by atoms with Crippen LogP contribution in [0.5, 0.6) is 0 Å². The number of sulfonamides is 2. The molecule has 0 saturated heterocycles. The molecule has 2 aromatic rings. The third-order valence-corrected chi connectivity index (χ3v) is 6.91. The topological polar surface area (TPSA) is 118 Å². The number of nitrogens with one attached hydrogen (secondary N) is 2. The van der Waals surface area contributed by atoms with Gasteiger partial charge in [-0.15, -0.1) is 0 Å². The molecule has 0 aliphatic carbocycles. The van der Waals surface area contributed by atoms with Crippen molar-refractivity contribution in [2.45, 2.75) is 22.1 Å². The molecule has 3 rings (SSSR count). The van der Waals surface area contributed by atoms with Crippen LogP contribution in [-0.2, 0) is 26.2 Å². The Morgan fingerprint density at radius 2 is 1.78 bits per heavy atom. The van der Waals surface area contributed by atoms with Crippen LogP contribution in [0.1, 0.15) is 17.3 Å². The Bertz CT molecular complexity index is 1130. The average Bonchev–Trinajstić information content (AvgIpc) is 2.51. The van der Waals surface area contributed by atoms with E-state index in [0.717, 1.165) is 0 Å². The number of hydrogen-bond donors (Lipinski definition) is 3. The van der Waals surface area contributed by atoms with E-state index in [9.17, 15) is 30.0 Å². The van der Waals surface area contributed by atoms with Crippen molar-refractivity contribution in [2.24, 2.45) is 5.14 Å². The number of benzene rings is 2. The number of hydrogen-bond acceptors (Lipinski definition) is 5. The zero-order chi connectivity index (χ0) is 20.2. The molecule has 1 aliphatic rings. The van der Waals surface area contributed by atoms with Crippen LogP contribution >= 0.6 is 15.9 Å². The van der Waals surface area contributed by atoms with Gasteiger partial charge in [-0.3, -0.25) is 0 Å². The second kappa shape index (κ2) is 6.44. The lowest BCUT2D eigenvalue weighted by Crippen LogP contribution is -2.39. The molecule has 1 atom stereocenters. The number of fused-ring (bicyclic) bond motifs is 1. The van der Waals surface area contributed by atoms with Crippen LogP contribution in [0.15, 0.2) is 50.7 Å². The van der Waals surface area contributed by atoms with Gasteiger partial charge < -0.3 is 5.32 Å². The molecule has 0 radical (unpaired) electrons. The van der Waals surface area contributed by atoms with Crippen molar-refractivity contribution in [1.82, 2.24) is 4.72 Å². The average molecular weight is 486 g/mol.